The number of carbonyl (C=O) groups is 2. The van der Waals surface area contributed by atoms with Crippen LogP contribution in [-0.2, 0) is 20.7 Å². The number of hydrogen-bond acceptors (Lipinski definition) is 5. The maximum absolute atomic E-state index is 12.1. The van der Waals surface area contributed by atoms with Gasteiger partial charge in [-0.3, -0.25) is 9.59 Å². The van der Waals surface area contributed by atoms with Crippen LogP contribution in [0.3, 0.4) is 0 Å². The Bertz CT molecular complexity index is 838. The molecule has 28 heavy (non-hydrogen) atoms. The van der Waals surface area contributed by atoms with Crippen LogP contribution < -0.4 is 14.8 Å². The van der Waals surface area contributed by atoms with E-state index in [1.165, 1.54) is 0 Å². The van der Waals surface area contributed by atoms with Crippen molar-refractivity contribution in [3.63, 3.8) is 0 Å². The van der Waals surface area contributed by atoms with Crippen molar-refractivity contribution in [3.8, 4) is 11.5 Å². The van der Waals surface area contributed by atoms with Crippen LogP contribution in [0.2, 0.25) is 0 Å². The highest BCUT2D eigenvalue weighted by molar-refractivity contribution is 9.10. The predicted octanol–water partition coefficient (Wildman–Crippen LogP) is 4.28. The quantitative estimate of drug-likeness (QED) is 0.578. The smallest absolute Gasteiger partial charge is 0.310 e. The second-order valence-electron chi connectivity index (χ2n) is 6.02. The molecule has 0 spiro atoms. The van der Waals surface area contributed by atoms with E-state index >= 15 is 0 Å². The van der Waals surface area contributed by atoms with Gasteiger partial charge >= 0.3 is 5.97 Å². The Morgan fingerprint density at radius 1 is 1.00 bits per heavy atom. The normalized spacial score (nSPS) is 10.3. The zero-order valence-electron chi connectivity index (χ0n) is 16.2. The first kappa shape index (κ1) is 21.8. The van der Waals surface area contributed by atoms with Crippen LogP contribution in [0, 0.1) is 6.92 Å². The SMILES string of the molecule is CCOc1ccc(CC(=O)OCC(=O)Nc2ccc(C)cc2Br)cc1OCC. The largest absolute Gasteiger partial charge is 0.490 e. The number of benzene rings is 2. The Labute approximate surface area is 173 Å². The maximum atomic E-state index is 12.1. The van der Waals surface area contributed by atoms with Crippen molar-refractivity contribution in [1.29, 1.82) is 0 Å². The molecule has 6 nitrogen and oxygen atoms in total. The molecular formula is C21H24BrNO5. The molecule has 2 rings (SSSR count). The van der Waals surface area contributed by atoms with Crippen molar-refractivity contribution < 1.29 is 23.8 Å². The Morgan fingerprint density at radius 2 is 1.71 bits per heavy atom. The van der Waals surface area contributed by atoms with Gasteiger partial charge < -0.3 is 19.5 Å². The fourth-order valence-corrected chi connectivity index (χ4v) is 3.07. The molecule has 0 saturated heterocycles. The van der Waals surface area contributed by atoms with Gasteiger partial charge in [0.2, 0.25) is 0 Å². The van der Waals surface area contributed by atoms with E-state index in [0.717, 1.165) is 15.6 Å². The molecule has 0 bridgehead atoms. The van der Waals surface area contributed by atoms with Gasteiger partial charge in [0, 0.05) is 4.47 Å². The third-order valence-corrected chi connectivity index (χ3v) is 4.38. The van der Waals surface area contributed by atoms with Crippen molar-refractivity contribution >= 4 is 33.5 Å². The summed E-state index contributed by atoms with van der Waals surface area (Å²) in [7, 11) is 0. The Kier molecular flexibility index (Phi) is 8.32. The van der Waals surface area contributed by atoms with Crippen molar-refractivity contribution in [2.24, 2.45) is 0 Å². The molecular weight excluding hydrogens is 426 g/mol. The molecule has 2 aromatic rings. The second kappa shape index (κ2) is 10.7. The van der Waals surface area contributed by atoms with Gasteiger partial charge in [-0.1, -0.05) is 12.1 Å². The van der Waals surface area contributed by atoms with Gasteiger partial charge in [-0.15, -0.1) is 0 Å². The van der Waals surface area contributed by atoms with E-state index in [4.69, 9.17) is 14.2 Å². The van der Waals surface area contributed by atoms with E-state index in [1.54, 1.807) is 24.3 Å². The number of halogens is 1. The van der Waals surface area contributed by atoms with Gasteiger partial charge in [0.15, 0.2) is 18.1 Å². The van der Waals surface area contributed by atoms with E-state index in [-0.39, 0.29) is 13.0 Å². The van der Waals surface area contributed by atoms with Crippen molar-refractivity contribution in [1.82, 2.24) is 0 Å². The summed E-state index contributed by atoms with van der Waals surface area (Å²) in [6.07, 6.45) is 0.0357. The van der Waals surface area contributed by atoms with Crippen LogP contribution in [0.5, 0.6) is 11.5 Å². The topological polar surface area (TPSA) is 73.9 Å². The highest BCUT2D eigenvalue weighted by atomic mass is 79.9. The van der Waals surface area contributed by atoms with E-state index in [0.29, 0.717) is 30.4 Å². The van der Waals surface area contributed by atoms with Crippen LogP contribution in [0.1, 0.15) is 25.0 Å². The molecule has 0 unspecified atom stereocenters. The number of amides is 1. The third-order valence-electron chi connectivity index (χ3n) is 3.72. The molecule has 7 heteroatoms. The molecule has 0 heterocycles. The third kappa shape index (κ3) is 6.56. The monoisotopic (exact) mass is 449 g/mol. The molecule has 1 amide bonds. The molecule has 2 aromatic carbocycles. The Morgan fingerprint density at radius 3 is 2.39 bits per heavy atom. The van der Waals surface area contributed by atoms with E-state index < -0.39 is 11.9 Å². The lowest BCUT2D eigenvalue weighted by Crippen LogP contribution is -2.21. The predicted molar refractivity (Wildman–Crippen MR) is 111 cm³/mol. The molecule has 150 valence electrons. The summed E-state index contributed by atoms with van der Waals surface area (Å²) >= 11 is 3.39. The van der Waals surface area contributed by atoms with Crippen molar-refractivity contribution in [3.05, 3.63) is 52.0 Å². The molecule has 0 aliphatic heterocycles. The number of ether oxygens (including phenoxy) is 3. The summed E-state index contributed by atoms with van der Waals surface area (Å²) in [4.78, 5) is 24.1. The first-order valence-corrected chi connectivity index (χ1v) is 9.82. The van der Waals surface area contributed by atoms with E-state index in [2.05, 4.69) is 21.2 Å². The first-order chi connectivity index (χ1) is 13.4. The number of esters is 1. The van der Waals surface area contributed by atoms with Crippen LogP contribution in [-0.4, -0.2) is 31.7 Å². The molecule has 0 aliphatic rings. The van der Waals surface area contributed by atoms with Crippen LogP contribution in [0.25, 0.3) is 0 Å². The lowest BCUT2D eigenvalue weighted by molar-refractivity contribution is -0.146. The van der Waals surface area contributed by atoms with Gasteiger partial charge in [0.1, 0.15) is 0 Å². The summed E-state index contributed by atoms with van der Waals surface area (Å²) in [5.74, 6) is 0.311. The molecule has 0 aliphatic carbocycles. The van der Waals surface area contributed by atoms with Crippen molar-refractivity contribution in [2.45, 2.75) is 27.2 Å². The highest BCUT2D eigenvalue weighted by Crippen LogP contribution is 2.29. The van der Waals surface area contributed by atoms with Gasteiger partial charge in [0.05, 0.1) is 25.3 Å². The number of anilines is 1. The summed E-state index contributed by atoms with van der Waals surface area (Å²) in [6.45, 7) is 6.38. The van der Waals surface area contributed by atoms with E-state index in [9.17, 15) is 9.59 Å². The van der Waals surface area contributed by atoms with E-state index in [1.807, 2.05) is 32.9 Å². The number of nitrogens with one attached hydrogen (secondary N) is 1. The number of hydrogen-bond donors (Lipinski definition) is 1. The number of rotatable bonds is 9. The van der Waals surface area contributed by atoms with Gasteiger partial charge in [-0.05, 0) is 72.1 Å². The summed E-state index contributed by atoms with van der Waals surface area (Å²) in [6, 6.07) is 10.8. The van der Waals surface area contributed by atoms with Crippen LogP contribution >= 0.6 is 15.9 Å². The minimum atomic E-state index is -0.496. The summed E-state index contributed by atoms with van der Waals surface area (Å²) in [5, 5.41) is 2.70. The standard InChI is InChI=1S/C21H24BrNO5/c1-4-26-18-9-7-15(11-19(18)27-5-2)12-21(25)28-13-20(24)23-17-8-6-14(3)10-16(17)22/h6-11H,4-5,12-13H2,1-3H3,(H,23,24). The average Bonchev–Trinajstić information content (AvgIpc) is 2.65. The highest BCUT2D eigenvalue weighted by Gasteiger charge is 2.12. The number of aryl methyl sites for hydroxylation is 1. The van der Waals surface area contributed by atoms with Crippen LogP contribution in [0.15, 0.2) is 40.9 Å². The van der Waals surface area contributed by atoms with Gasteiger partial charge in [-0.25, -0.2) is 0 Å². The molecule has 1 N–H and O–H groups in total. The molecule has 0 aromatic heterocycles. The Balaban J connectivity index is 1.89. The number of carbonyl (C=O) groups excluding carboxylic acids is 2. The fourth-order valence-electron chi connectivity index (χ4n) is 2.48. The van der Waals surface area contributed by atoms with Gasteiger partial charge in [-0.2, -0.15) is 0 Å². The van der Waals surface area contributed by atoms with Crippen molar-refractivity contribution in [2.75, 3.05) is 25.1 Å². The zero-order valence-corrected chi connectivity index (χ0v) is 17.8. The van der Waals surface area contributed by atoms with Gasteiger partial charge in [0.25, 0.3) is 5.91 Å². The zero-order chi connectivity index (χ0) is 20.5. The molecule has 0 radical (unpaired) electrons. The summed E-state index contributed by atoms with van der Waals surface area (Å²) in [5.41, 5.74) is 2.41. The maximum Gasteiger partial charge on any atom is 0.310 e. The second-order valence-corrected chi connectivity index (χ2v) is 6.87. The average molecular weight is 450 g/mol. The molecule has 0 saturated carbocycles. The molecule has 0 atom stereocenters. The Hall–Kier alpha value is -2.54. The minimum absolute atomic E-state index is 0.0357. The first-order valence-electron chi connectivity index (χ1n) is 9.03. The lowest BCUT2D eigenvalue weighted by atomic mass is 10.1. The van der Waals surface area contributed by atoms with Crippen LogP contribution in [0.4, 0.5) is 5.69 Å². The molecule has 0 fully saturated rings. The fraction of sp³-hybridized carbons (Fsp3) is 0.333. The minimum Gasteiger partial charge on any atom is -0.490 e. The lowest BCUT2D eigenvalue weighted by Gasteiger charge is -2.12. The summed E-state index contributed by atoms with van der Waals surface area (Å²) < 4.78 is 16.9.